The van der Waals surface area contributed by atoms with E-state index in [1.807, 2.05) is 0 Å². The highest BCUT2D eigenvalue weighted by atomic mass is 35.5. The molecule has 0 atom stereocenters. The van der Waals surface area contributed by atoms with Gasteiger partial charge in [0.25, 0.3) is 0 Å². The molecular weight excluding hydrogens is 322 g/mol. The van der Waals surface area contributed by atoms with Crippen molar-refractivity contribution in [2.75, 3.05) is 7.11 Å². The highest BCUT2D eigenvalue weighted by Crippen LogP contribution is 2.36. The molecule has 0 unspecified atom stereocenters. The summed E-state index contributed by atoms with van der Waals surface area (Å²) in [4.78, 5) is 10.8. The van der Waals surface area contributed by atoms with Gasteiger partial charge in [-0.2, -0.15) is 0 Å². The lowest BCUT2D eigenvalue weighted by Gasteiger charge is -2.13. The van der Waals surface area contributed by atoms with Gasteiger partial charge in [-0.25, -0.2) is 4.79 Å². The summed E-state index contributed by atoms with van der Waals surface area (Å²) in [6.07, 6.45) is 1.23. The number of oxime groups is 1. The first-order valence-corrected chi connectivity index (χ1v) is 6.93. The third-order valence-corrected chi connectivity index (χ3v) is 3.32. The van der Waals surface area contributed by atoms with Crippen molar-refractivity contribution in [3.8, 4) is 11.5 Å². The van der Waals surface area contributed by atoms with Crippen molar-refractivity contribution in [3.05, 3.63) is 58.1 Å². The molecule has 0 radical (unpaired) electrons. The minimum absolute atomic E-state index is 0.198. The quantitative estimate of drug-likeness (QED) is 0.479. The number of rotatable bonds is 6. The summed E-state index contributed by atoms with van der Waals surface area (Å²) in [5.41, 5.74) is 1.55. The summed E-state index contributed by atoms with van der Waals surface area (Å²) in [5.74, 6) is -0.232. The van der Waals surface area contributed by atoms with Gasteiger partial charge in [0.1, 0.15) is 6.61 Å². The summed E-state index contributed by atoms with van der Waals surface area (Å²) in [6, 6.07) is 9.52. The molecule has 0 saturated carbocycles. The highest BCUT2D eigenvalue weighted by Gasteiger charge is 2.12. The number of carboxylic acid groups (broad SMARTS) is 1. The Labute approximate surface area is 137 Å². The van der Waals surface area contributed by atoms with Crippen molar-refractivity contribution < 1.29 is 24.6 Å². The van der Waals surface area contributed by atoms with E-state index in [0.29, 0.717) is 22.1 Å². The molecular formula is C16H14ClNO5. The standard InChI is InChI=1S/C16H14ClNO5/c1-22-14-7-11(8-18-21)6-13(17)15(14)23-9-10-2-4-12(5-3-10)16(19)20/h2-8,21H,9H2,1H3,(H,19,20)/b18-8-. The van der Waals surface area contributed by atoms with Crippen LogP contribution in [0.3, 0.4) is 0 Å². The molecule has 120 valence electrons. The first kappa shape index (κ1) is 16.6. The van der Waals surface area contributed by atoms with E-state index in [0.717, 1.165) is 5.56 Å². The van der Waals surface area contributed by atoms with Gasteiger partial charge in [-0.05, 0) is 29.8 Å². The minimum atomic E-state index is -0.983. The molecule has 2 rings (SSSR count). The first-order valence-electron chi connectivity index (χ1n) is 6.55. The van der Waals surface area contributed by atoms with Gasteiger partial charge in [-0.1, -0.05) is 28.9 Å². The van der Waals surface area contributed by atoms with E-state index < -0.39 is 5.97 Å². The molecule has 0 fully saturated rings. The van der Waals surface area contributed by atoms with Crippen LogP contribution in [0.5, 0.6) is 11.5 Å². The Hall–Kier alpha value is -2.73. The summed E-state index contributed by atoms with van der Waals surface area (Å²) in [7, 11) is 1.47. The highest BCUT2D eigenvalue weighted by molar-refractivity contribution is 6.32. The summed E-state index contributed by atoms with van der Waals surface area (Å²) < 4.78 is 10.9. The number of benzene rings is 2. The van der Waals surface area contributed by atoms with Gasteiger partial charge >= 0.3 is 5.97 Å². The molecule has 0 aromatic heterocycles. The number of nitrogens with zero attached hydrogens (tertiary/aromatic N) is 1. The summed E-state index contributed by atoms with van der Waals surface area (Å²) in [6.45, 7) is 0.198. The van der Waals surface area contributed by atoms with Crippen LogP contribution in [-0.4, -0.2) is 29.6 Å². The second-order valence-electron chi connectivity index (χ2n) is 4.57. The number of carbonyl (C=O) groups is 1. The number of halogens is 1. The fourth-order valence-electron chi connectivity index (χ4n) is 1.92. The number of carboxylic acids is 1. The minimum Gasteiger partial charge on any atom is -0.493 e. The van der Waals surface area contributed by atoms with Crippen LogP contribution in [0.2, 0.25) is 5.02 Å². The molecule has 6 nitrogen and oxygen atoms in total. The fourth-order valence-corrected chi connectivity index (χ4v) is 2.19. The second-order valence-corrected chi connectivity index (χ2v) is 4.98. The van der Waals surface area contributed by atoms with Crippen LogP contribution in [0.25, 0.3) is 0 Å². The number of methoxy groups -OCH3 is 1. The molecule has 2 aromatic carbocycles. The number of ether oxygens (including phenoxy) is 2. The van der Waals surface area contributed by atoms with Crippen molar-refractivity contribution in [1.29, 1.82) is 0 Å². The Kier molecular flexibility index (Phi) is 5.43. The Bertz CT molecular complexity index is 728. The summed E-state index contributed by atoms with van der Waals surface area (Å²) >= 11 is 6.16. The zero-order valence-corrected chi connectivity index (χ0v) is 12.9. The van der Waals surface area contributed by atoms with Crippen LogP contribution in [0.1, 0.15) is 21.5 Å². The van der Waals surface area contributed by atoms with Crippen molar-refractivity contribution in [3.63, 3.8) is 0 Å². The summed E-state index contributed by atoms with van der Waals surface area (Å²) in [5, 5.41) is 20.7. The number of aromatic carboxylic acids is 1. The van der Waals surface area contributed by atoms with Gasteiger partial charge in [0.15, 0.2) is 11.5 Å². The van der Waals surface area contributed by atoms with E-state index in [1.165, 1.54) is 25.5 Å². The number of hydrogen-bond acceptors (Lipinski definition) is 5. The predicted molar refractivity (Wildman–Crippen MR) is 85.1 cm³/mol. The maximum Gasteiger partial charge on any atom is 0.335 e. The zero-order chi connectivity index (χ0) is 16.8. The Morgan fingerprint density at radius 1 is 1.30 bits per heavy atom. The van der Waals surface area contributed by atoms with Gasteiger partial charge < -0.3 is 19.8 Å². The fraction of sp³-hybridized carbons (Fsp3) is 0.125. The molecule has 0 saturated heterocycles. The average Bonchev–Trinajstić information content (AvgIpc) is 2.54. The third-order valence-electron chi connectivity index (χ3n) is 3.04. The van der Waals surface area contributed by atoms with Crippen molar-refractivity contribution >= 4 is 23.8 Å². The van der Waals surface area contributed by atoms with Crippen LogP contribution in [0.15, 0.2) is 41.6 Å². The molecule has 0 heterocycles. The lowest BCUT2D eigenvalue weighted by Crippen LogP contribution is -2.01. The normalized spacial score (nSPS) is 10.7. The SMILES string of the molecule is COc1cc(/C=N\O)cc(Cl)c1OCc1ccc(C(=O)O)cc1. The molecule has 2 N–H and O–H groups in total. The van der Waals surface area contributed by atoms with Crippen LogP contribution in [0.4, 0.5) is 0 Å². The van der Waals surface area contributed by atoms with Gasteiger partial charge in [0.05, 0.1) is 23.9 Å². The monoisotopic (exact) mass is 335 g/mol. The maximum absolute atomic E-state index is 10.8. The third kappa shape index (κ3) is 4.14. The predicted octanol–water partition coefficient (Wildman–Crippen LogP) is 3.43. The van der Waals surface area contributed by atoms with Crippen molar-refractivity contribution in [2.24, 2.45) is 5.16 Å². The molecule has 0 amide bonds. The van der Waals surface area contributed by atoms with Gasteiger partial charge in [0.2, 0.25) is 0 Å². The second kappa shape index (κ2) is 7.51. The van der Waals surface area contributed by atoms with E-state index in [9.17, 15) is 4.79 Å². The molecule has 7 heteroatoms. The van der Waals surface area contributed by atoms with E-state index in [1.54, 1.807) is 24.3 Å². The largest absolute Gasteiger partial charge is 0.493 e. The zero-order valence-electron chi connectivity index (χ0n) is 12.2. The lowest BCUT2D eigenvalue weighted by atomic mass is 10.1. The van der Waals surface area contributed by atoms with Crippen LogP contribution < -0.4 is 9.47 Å². The van der Waals surface area contributed by atoms with Gasteiger partial charge in [-0.3, -0.25) is 0 Å². The number of hydrogen-bond donors (Lipinski definition) is 2. The molecule has 0 aliphatic heterocycles. The Balaban J connectivity index is 2.18. The first-order chi connectivity index (χ1) is 11.0. The molecule has 0 bridgehead atoms. The van der Waals surface area contributed by atoms with Crippen LogP contribution in [0, 0.1) is 0 Å². The van der Waals surface area contributed by atoms with E-state index in [2.05, 4.69) is 5.16 Å². The van der Waals surface area contributed by atoms with E-state index in [-0.39, 0.29) is 12.2 Å². The van der Waals surface area contributed by atoms with Crippen molar-refractivity contribution in [1.82, 2.24) is 0 Å². The molecule has 0 aliphatic carbocycles. The van der Waals surface area contributed by atoms with E-state index in [4.69, 9.17) is 31.4 Å². The van der Waals surface area contributed by atoms with E-state index >= 15 is 0 Å². The van der Waals surface area contributed by atoms with Gasteiger partial charge in [0, 0.05) is 5.56 Å². The molecule has 0 spiro atoms. The van der Waals surface area contributed by atoms with Crippen molar-refractivity contribution in [2.45, 2.75) is 6.61 Å². The van der Waals surface area contributed by atoms with Crippen LogP contribution >= 0.6 is 11.6 Å². The Morgan fingerprint density at radius 3 is 2.57 bits per heavy atom. The topological polar surface area (TPSA) is 88.4 Å². The average molecular weight is 336 g/mol. The molecule has 0 aliphatic rings. The maximum atomic E-state index is 10.8. The lowest BCUT2D eigenvalue weighted by molar-refractivity contribution is 0.0697. The Morgan fingerprint density at radius 2 is 2.00 bits per heavy atom. The molecule has 2 aromatic rings. The molecule has 23 heavy (non-hydrogen) atoms. The van der Waals surface area contributed by atoms with Crippen LogP contribution in [-0.2, 0) is 6.61 Å². The smallest absolute Gasteiger partial charge is 0.335 e. The van der Waals surface area contributed by atoms with Gasteiger partial charge in [-0.15, -0.1) is 0 Å².